The largest absolute Gasteiger partial charge is 0.494 e. The van der Waals surface area contributed by atoms with Crippen LogP contribution in [0.3, 0.4) is 0 Å². The van der Waals surface area contributed by atoms with Crippen LogP contribution in [0.5, 0.6) is 5.75 Å². The third kappa shape index (κ3) is 3.96. The second-order valence-electron chi connectivity index (χ2n) is 9.26. The zero-order valence-electron chi connectivity index (χ0n) is 20.3. The number of nitrogens with one attached hydrogen (secondary N) is 1. The molecule has 1 N–H and O–H groups in total. The smallest absolute Gasteiger partial charge is 0.259 e. The molecule has 37 heavy (non-hydrogen) atoms. The van der Waals surface area contributed by atoms with Gasteiger partial charge in [0.15, 0.2) is 16.8 Å². The Balaban J connectivity index is 1.26. The van der Waals surface area contributed by atoms with Gasteiger partial charge in [-0.25, -0.2) is 4.98 Å². The van der Waals surface area contributed by atoms with E-state index < -0.39 is 0 Å². The van der Waals surface area contributed by atoms with Gasteiger partial charge in [0, 0.05) is 42.7 Å². The highest BCUT2D eigenvalue weighted by Gasteiger charge is 2.28. The van der Waals surface area contributed by atoms with Crippen LogP contribution in [-0.2, 0) is 6.42 Å². The summed E-state index contributed by atoms with van der Waals surface area (Å²) in [5.41, 5.74) is 4.42. The number of fused-ring (bicyclic) bond motifs is 5. The Kier molecular flexibility index (Phi) is 5.37. The maximum atomic E-state index is 12.8. The molecule has 0 unspecified atom stereocenters. The first kappa shape index (κ1) is 22.7. The highest BCUT2D eigenvalue weighted by Crippen LogP contribution is 2.33. The number of carbonyl (C=O) groups excluding carboxylic acids is 2. The van der Waals surface area contributed by atoms with Crippen molar-refractivity contribution in [3.05, 3.63) is 87.6 Å². The summed E-state index contributed by atoms with van der Waals surface area (Å²) in [6.07, 6.45) is 1.23. The number of rotatable bonds is 6. The maximum Gasteiger partial charge on any atom is 0.259 e. The molecule has 0 fully saturated rings. The van der Waals surface area contributed by atoms with Crippen molar-refractivity contribution < 1.29 is 18.7 Å². The summed E-state index contributed by atoms with van der Waals surface area (Å²) in [6.45, 7) is 0.397. The number of aryl methyl sites for hydroxylation is 1. The van der Waals surface area contributed by atoms with Crippen LogP contribution >= 0.6 is 0 Å². The Bertz CT molecular complexity index is 1750. The third-order valence-corrected chi connectivity index (χ3v) is 6.63. The summed E-state index contributed by atoms with van der Waals surface area (Å²) in [5.74, 6) is 0.319. The van der Waals surface area contributed by atoms with Crippen molar-refractivity contribution in [2.45, 2.75) is 12.8 Å². The lowest BCUT2D eigenvalue weighted by Crippen LogP contribution is -2.20. The van der Waals surface area contributed by atoms with E-state index in [2.05, 4.69) is 5.32 Å². The van der Waals surface area contributed by atoms with Crippen LogP contribution in [0.2, 0.25) is 0 Å². The molecular formula is C29H23N3O5. The Morgan fingerprint density at radius 1 is 0.946 bits per heavy atom. The summed E-state index contributed by atoms with van der Waals surface area (Å²) in [4.78, 5) is 43.6. The molecule has 2 heterocycles. The Morgan fingerprint density at radius 2 is 1.81 bits per heavy atom. The number of hydrogen-bond donors (Lipinski definition) is 1. The predicted molar refractivity (Wildman–Crippen MR) is 141 cm³/mol. The van der Waals surface area contributed by atoms with Crippen molar-refractivity contribution in [1.82, 2.24) is 10.3 Å². The Morgan fingerprint density at radius 3 is 2.65 bits per heavy atom. The summed E-state index contributed by atoms with van der Waals surface area (Å²) in [7, 11) is 3.90. The minimum atomic E-state index is -0.356. The molecule has 0 spiro atoms. The van der Waals surface area contributed by atoms with E-state index in [1.165, 1.54) is 6.07 Å². The number of hydrogen-bond acceptors (Lipinski definition) is 7. The molecule has 0 saturated carbocycles. The molecule has 3 aromatic rings. The van der Waals surface area contributed by atoms with E-state index in [0.717, 1.165) is 11.3 Å². The molecule has 184 valence electrons. The SMILES string of the molecule is CN(C)c1ccc2nc3c4cc(OCCCc5cccc6c5C(=O)NC6=O)ccc4c(=O)cc-3oc2c1. The van der Waals surface area contributed by atoms with Crippen LogP contribution in [0.25, 0.3) is 33.3 Å². The molecule has 0 atom stereocenters. The molecule has 3 aliphatic rings. The number of nitrogens with zero attached hydrogens (tertiary/aromatic N) is 2. The first-order valence-electron chi connectivity index (χ1n) is 12.0. The van der Waals surface area contributed by atoms with Crippen LogP contribution in [0.15, 0.2) is 69.9 Å². The minimum Gasteiger partial charge on any atom is -0.494 e. The Hall–Kier alpha value is -4.72. The molecule has 0 saturated heterocycles. The Labute approximate surface area is 211 Å². The van der Waals surface area contributed by atoms with E-state index in [4.69, 9.17) is 14.1 Å². The number of amides is 2. The van der Waals surface area contributed by atoms with Gasteiger partial charge >= 0.3 is 0 Å². The highest BCUT2D eigenvalue weighted by atomic mass is 16.5. The minimum absolute atomic E-state index is 0.145. The van der Waals surface area contributed by atoms with Crippen molar-refractivity contribution in [1.29, 1.82) is 0 Å². The monoisotopic (exact) mass is 493 g/mol. The summed E-state index contributed by atoms with van der Waals surface area (Å²) >= 11 is 0. The molecule has 2 amide bonds. The second-order valence-corrected chi connectivity index (χ2v) is 9.26. The number of aromatic nitrogens is 1. The quantitative estimate of drug-likeness (QED) is 0.162. The van der Waals surface area contributed by atoms with Gasteiger partial charge in [0.25, 0.3) is 11.8 Å². The molecule has 2 aliphatic heterocycles. The lowest BCUT2D eigenvalue weighted by molar-refractivity contribution is 0.0879. The van der Waals surface area contributed by atoms with Gasteiger partial charge < -0.3 is 14.1 Å². The van der Waals surface area contributed by atoms with E-state index in [0.29, 0.717) is 69.7 Å². The predicted octanol–water partition coefficient (Wildman–Crippen LogP) is 4.41. The van der Waals surface area contributed by atoms with E-state index in [1.807, 2.05) is 49.3 Å². The van der Waals surface area contributed by atoms with Gasteiger partial charge in [0.05, 0.1) is 17.7 Å². The first-order valence-corrected chi connectivity index (χ1v) is 12.0. The van der Waals surface area contributed by atoms with E-state index in [9.17, 15) is 14.4 Å². The number of anilines is 1. The van der Waals surface area contributed by atoms with E-state index >= 15 is 0 Å². The number of carbonyl (C=O) groups is 2. The second kappa shape index (κ2) is 8.74. The summed E-state index contributed by atoms with van der Waals surface area (Å²) in [6, 6.07) is 17.9. The van der Waals surface area contributed by atoms with Gasteiger partial charge in [-0.3, -0.25) is 19.7 Å². The molecule has 1 aliphatic carbocycles. The zero-order valence-corrected chi connectivity index (χ0v) is 20.3. The molecule has 6 rings (SSSR count). The normalized spacial score (nSPS) is 12.8. The van der Waals surface area contributed by atoms with Crippen molar-refractivity contribution in [2.24, 2.45) is 0 Å². The van der Waals surface area contributed by atoms with Gasteiger partial charge in [-0.05, 0) is 54.8 Å². The van der Waals surface area contributed by atoms with Gasteiger partial charge in [-0.15, -0.1) is 0 Å². The fraction of sp³-hybridized carbons (Fsp3) is 0.172. The molecule has 8 nitrogen and oxygen atoms in total. The topological polar surface area (TPSA) is 102 Å². The maximum absolute atomic E-state index is 12.8. The number of benzene rings is 4. The van der Waals surface area contributed by atoms with E-state index in [-0.39, 0.29) is 17.2 Å². The fourth-order valence-electron chi connectivity index (χ4n) is 4.76. The van der Waals surface area contributed by atoms with E-state index in [1.54, 1.807) is 24.3 Å². The van der Waals surface area contributed by atoms with Gasteiger partial charge in [-0.2, -0.15) is 0 Å². The lowest BCUT2D eigenvalue weighted by Gasteiger charge is -2.14. The lowest BCUT2D eigenvalue weighted by atomic mass is 9.99. The summed E-state index contributed by atoms with van der Waals surface area (Å²) < 4.78 is 12.1. The first-order chi connectivity index (χ1) is 17.9. The average Bonchev–Trinajstić information content (AvgIpc) is 3.19. The fourth-order valence-corrected chi connectivity index (χ4v) is 4.76. The average molecular weight is 494 g/mol. The molecular weight excluding hydrogens is 470 g/mol. The number of imide groups is 1. The van der Waals surface area contributed by atoms with Crippen LogP contribution in [0.4, 0.5) is 5.69 Å². The van der Waals surface area contributed by atoms with Crippen molar-refractivity contribution >= 4 is 39.4 Å². The zero-order chi connectivity index (χ0) is 25.7. The van der Waals surface area contributed by atoms with Gasteiger partial charge in [0.1, 0.15) is 17.0 Å². The van der Waals surface area contributed by atoms with Gasteiger partial charge in [-0.1, -0.05) is 12.1 Å². The third-order valence-electron chi connectivity index (χ3n) is 6.63. The van der Waals surface area contributed by atoms with Crippen LogP contribution < -0.4 is 20.4 Å². The number of ether oxygens (including phenoxy) is 1. The van der Waals surface area contributed by atoms with Crippen LogP contribution in [0.1, 0.15) is 32.7 Å². The molecule has 3 aromatic carbocycles. The molecule has 0 aromatic heterocycles. The summed E-state index contributed by atoms with van der Waals surface area (Å²) in [5, 5.41) is 3.55. The van der Waals surface area contributed by atoms with Crippen molar-refractivity contribution in [2.75, 3.05) is 25.6 Å². The molecule has 0 bridgehead atoms. The van der Waals surface area contributed by atoms with Gasteiger partial charge in [0.2, 0.25) is 0 Å². The van der Waals surface area contributed by atoms with Crippen molar-refractivity contribution in [3.63, 3.8) is 0 Å². The molecule has 8 heteroatoms. The van der Waals surface area contributed by atoms with Crippen LogP contribution in [0, 0.1) is 0 Å². The standard InChI is InChI=1S/C29H23N3O5/c1-32(2)17-8-11-22-24(13-17)37-25-15-23(33)19-10-9-18(14-21(19)27(25)30-22)36-12-4-6-16-5-3-7-20-26(16)29(35)31-28(20)34/h3,5,7-11,13-15H,4,6,12H2,1-2H3,(H,31,34,35). The van der Waals surface area contributed by atoms with Crippen LogP contribution in [-0.4, -0.2) is 37.5 Å². The highest BCUT2D eigenvalue weighted by molar-refractivity contribution is 6.22. The molecule has 0 radical (unpaired) electrons. The van der Waals surface area contributed by atoms with Crippen molar-refractivity contribution in [3.8, 4) is 17.2 Å².